The Morgan fingerprint density at radius 2 is 1.88 bits per heavy atom. The van der Waals surface area contributed by atoms with Crippen LogP contribution in [0.1, 0.15) is 5.56 Å². The van der Waals surface area contributed by atoms with E-state index in [1.54, 1.807) is 0 Å². The summed E-state index contributed by atoms with van der Waals surface area (Å²) in [5, 5.41) is 0. The minimum atomic E-state index is -2.38. The standard InChI is InChI=1S/C9H13NO.CH5O2P.Na/c10-6-7-11-8-9-4-2-1-3-5-9;1-4(2)3;/h1-5H,6-8,10H2;4H,1H3,(H,2,3);/q;;+1/p-1. The van der Waals surface area contributed by atoms with Crippen molar-refractivity contribution in [1.29, 1.82) is 0 Å². The fourth-order valence-corrected chi connectivity index (χ4v) is 0.848. The predicted molar refractivity (Wildman–Crippen MR) is 60.1 cm³/mol. The first-order chi connectivity index (χ1) is 7.16. The first-order valence-corrected chi connectivity index (χ1v) is 6.47. The second-order valence-electron chi connectivity index (χ2n) is 2.82. The Morgan fingerprint density at radius 1 is 1.38 bits per heavy atom. The molecule has 0 saturated carbocycles. The van der Waals surface area contributed by atoms with E-state index in [0.29, 0.717) is 19.8 Å². The van der Waals surface area contributed by atoms with Gasteiger partial charge in [-0.2, -0.15) is 0 Å². The van der Waals surface area contributed by atoms with Crippen molar-refractivity contribution < 1.29 is 43.8 Å². The maximum Gasteiger partial charge on any atom is 1.00 e. The second-order valence-corrected chi connectivity index (χ2v) is 3.80. The maximum atomic E-state index is 9.07. The van der Waals surface area contributed by atoms with Crippen LogP contribution in [0.5, 0.6) is 0 Å². The molecule has 0 aliphatic carbocycles. The van der Waals surface area contributed by atoms with Gasteiger partial charge in [0, 0.05) is 6.54 Å². The third-order valence-electron chi connectivity index (χ3n) is 1.37. The molecule has 1 aromatic rings. The van der Waals surface area contributed by atoms with Gasteiger partial charge < -0.3 is 19.9 Å². The van der Waals surface area contributed by atoms with Gasteiger partial charge in [0.05, 0.1) is 13.2 Å². The normalized spacial score (nSPS) is 10.7. The Balaban J connectivity index is 0. The third-order valence-corrected chi connectivity index (χ3v) is 1.37. The summed E-state index contributed by atoms with van der Waals surface area (Å²) in [6, 6.07) is 10.1. The molecule has 86 valence electrons. The van der Waals surface area contributed by atoms with Crippen LogP contribution >= 0.6 is 8.03 Å². The molecule has 0 fully saturated rings. The number of nitrogens with two attached hydrogens (primary N) is 1. The van der Waals surface area contributed by atoms with Crippen molar-refractivity contribution in [3.63, 3.8) is 0 Å². The molecule has 0 bridgehead atoms. The SMILES string of the molecule is C[PH](=O)[O-].NCCOCc1ccccc1.[Na+]. The van der Waals surface area contributed by atoms with Crippen LogP contribution < -0.4 is 40.2 Å². The number of benzene rings is 1. The van der Waals surface area contributed by atoms with Gasteiger partial charge in [-0.05, 0) is 20.3 Å². The zero-order chi connectivity index (χ0) is 11.5. The number of rotatable bonds is 4. The molecule has 0 aliphatic rings. The minimum Gasteiger partial charge on any atom is -0.802 e. The van der Waals surface area contributed by atoms with E-state index in [4.69, 9.17) is 19.9 Å². The van der Waals surface area contributed by atoms with Crippen LogP contribution in [0.4, 0.5) is 0 Å². The Kier molecular flexibility index (Phi) is 15.6. The Labute approximate surface area is 119 Å². The third kappa shape index (κ3) is 14.3. The van der Waals surface area contributed by atoms with Crippen LogP contribution in [0.25, 0.3) is 0 Å². The predicted octanol–water partition coefficient (Wildman–Crippen LogP) is -2.38. The Hall–Kier alpha value is 0.330. The maximum absolute atomic E-state index is 9.07. The summed E-state index contributed by atoms with van der Waals surface area (Å²) in [6.45, 7) is 3.05. The molecule has 4 nitrogen and oxygen atoms in total. The molecule has 1 rings (SSSR count). The molecular weight excluding hydrogens is 236 g/mol. The molecule has 6 heteroatoms. The second kappa shape index (κ2) is 13.4. The van der Waals surface area contributed by atoms with Gasteiger partial charge in [0.2, 0.25) is 0 Å². The molecule has 0 spiro atoms. The summed E-state index contributed by atoms with van der Waals surface area (Å²) < 4.78 is 14.3. The van der Waals surface area contributed by atoms with Crippen LogP contribution in [0.15, 0.2) is 30.3 Å². The van der Waals surface area contributed by atoms with Gasteiger partial charge in [0.1, 0.15) is 0 Å². The van der Waals surface area contributed by atoms with Gasteiger partial charge in [-0.15, -0.1) is 0 Å². The van der Waals surface area contributed by atoms with Crippen molar-refractivity contribution in [3.05, 3.63) is 35.9 Å². The quantitative estimate of drug-likeness (QED) is 0.369. The molecule has 1 unspecified atom stereocenters. The molecule has 16 heavy (non-hydrogen) atoms. The van der Waals surface area contributed by atoms with Crippen LogP contribution in [0, 0.1) is 0 Å². The van der Waals surface area contributed by atoms with Crippen LogP contribution in [0.3, 0.4) is 0 Å². The summed E-state index contributed by atoms with van der Waals surface area (Å²) >= 11 is 0. The zero-order valence-electron chi connectivity index (χ0n) is 9.81. The molecule has 0 aromatic heterocycles. The summed E-state index contributed by atoms with van der Waals surface area (Å²) in [6.07, 6.45) is 0. The van der Waals surface area contributed by atoms with Gasteiger partial charge in [-0.3, -0.25) is 0 Å². The van der Waals surface area contributed by atoms with Gasteiger partial charge in [-0.1, -0.05) is 30.3 Å². The van der Waals surface area contributed by atoms with E-state index in [2.05, 4.69) is 0 Å². The van der Waals surface area contributed by atoms with E-state index >= 15 is 0 Å². The number of hydrogen-bond acceptors (Lipinski definition) is 4. The van der Waals surface area contributed by atoms with E-state index in [9.17, 15) is 0 Å². The largest absolute Gasteiger partial charge is 1.00 e. The molecule has 0 heterocycles. The summed E-state index contributed by atoms with van der Waals surface area (Å²) in [5.74, 6) is 0. The fourth-order valence-electron chi connectivity index (χ4n) is 0.848. The van der Waals surface area contributed by atoms with Gasteiger partial charge in [-0.25, -0.2) is 0 Å². The van der Waals surface area contributed by atoms with Crippen molar-refractivity contribution in [2.75, 3.05) is 19.8 Å². The molecule has 0 saturated heterocycles. The monoisotopic (exact) mass is 253 g/mol. The van der Waals surface area contributed by atoms with Crippen molar-refractivity contribution in [3.8, 4) is 0 Å². The molecule has 0 aliphatic heterocycles. The minimum absolute atomic E-state index is 0. The average molecular weight is 253 g/mol. The first kappa shape index (κ1) is 18.7. The van der Waals surface area contributed by atoms with Crippen molar-refractivity contribution >= 4 is 8.03 Å². The summed E-state index contributed by atoms with van der Waals surface area (Å²) in [7, 11) is -2.38. The van der Waals surface area contributed by atoms with Gasteiger partial charge in [0.25, 0.3) is 0 Å². The summed E-state index contributed by atoms with van der Waals surface area (Å²) in [4.78, 5) is 9.07. The summed E-state index contributed by atoms with van der Waals surface area (Å²) in [5.41, 5.74) is 6.46. The topological polar surface area (TPSA) is 75.4 Å². The molecule has 0 radical (unpaired) electrons. The number of hydrogen-bond donors (Lipinski definition) is 1. The van der Waals surface area contributed by atoms with E-state index in [0.717, 1.165) is 6.66 Å². The average Bonchev–Trinajstić information content (AvgIpc) is 2.19. The van der Waals surface area contributed by atoms with Crippen molar-refractivity contribution in [1.82, 2.24) is 0 Å². The van der Waals surface area contributed by atoms with Crippen molar-refractivity contribution in [2.45, 2.75) is 6.61 Å². The fraction of sp³-hybridized carbons (Fsp3) is 0.400. The molecule has 0 amide bonds. The smallest absolute Gasteiger partial charge is 0.802 e. The molecule has 1 atom stereocenters. The molecule has 2 N–H and O–H groups in total. The van der Waals surface area contributed by atoms with Crippen molar-refractivity contribution in [2.24, 2.45) is 5.73 Å². The Bertz CT molecular complexity index is 268. The van der Waals surface area contributed by atoms with Gasteiger partial charge >= 0.3 is 29.6 Å². The molecular formula is C10H17NNaO3P. The first-order valence-electron chi connectivity index (χ1n) is 4.66. The van der Waals surface area contributed by atoms with Gasteiger partial charge in [0.15, 0.2) is 0 Å². The van der Waals surface area contributed by atoms with E-state index in [1.165, 1.54) is 5.56 Å². The van der Waals surface area contributed by atoms with E-state index in [-0.39, 0.29) is 29.6 Å². The van der Waals surface area contributed by atoms with E-state index in [1.807, 2.05) is 30.3 Å². The number of ether oxygens (including phenoxy) is 1. The zero-order valence-corrected chi connectivity index (χ0v) is 12.8. The Morgan fingerprint density at radius 3 is 2.31 bits per heavy atom. The van der Waals surface area contributed by atoms with Crippen LogP contribution in [0.2, 0.25) is 0 Å². The molecule has 1 aromatic carbocycles. The van der Waals surface area contributed by atoms with Crippen LogP contribution in [-0.4, -0.2) is 19.8 Å². The van der Waals surface area contributed by atoms with Crippen LogP contribution in [-0.2, 0) is 15.9 Å². The van der Waals surface area contributed by atoms with E-state index < -0.39 is 8.03 Å².